The normalized spacial score (nSPS) is 11.7. The van der Waals surface area contributed by atoms with E-state index in [1.165, 1.54) is 25.6 Å². The van der Waals surface area contributed by atoms with E-state index in [9.17, 15) is 11.8 Å². The van der Waals surface area contributed by atoms with Crippen molar-refractivity contribution in [2.24, 2.45) is 0 Å². The second kappa shape index (κ2) is 18.1. The number of nitrogens with zero attached hydrogens (tertiary/aromatic N) is 4. The summed E-state index contributed by atoms with van der Waals surface area (Å²) >= 11 is 3.61. The molecule has 0 radical (unpaired) electrons. The smallest absolute Gasteiger partial charge is 0.220 e. The van der Waals surface area contributed by atoms with Gasteiger partial charge in [-0.25, -0.2) is 4.85 Å². The van der Waals surface area contributed by atoms with Gasteiger partial charge in [-0.3, -0.25) is 0 Å². The lowest BCUT2D eigenvalue weighted by Gasteiger charge is -2.26. The van der Waals surface area contributed by atoms with Crippen LogP contribution >= 0.6 is 22.7 Å². The molecule has 0 spiro atoms. The van der Waals surface area contributed by atoms with Gasteiger partial charge in [-0.05, 0) is 80.9 Å². The highest BCUT2D eigenvalue weighted by atomic mass is 32.1. The first-order chi connectivity index (χ1) is 39.7. The van der Waals surface area contributed by atoms with Crippen molar-refractivity contribution in [1.29, 1.82) is 5.26 Å². The zero-order valence-electron chi connectivity index (χ0n) is 42.9. The van der Waals surface area contributed by atoms with Gasteiger partial charge in [-0.15, -0.1) is 22.7 Å². The molecular formula is C74H42N4S2. The van der Waals surface area contributed by atoms with Crippen LogP contribution in [0.5, 0.6) is 0 Å². The van der Waals surface area contributed by atoms with Crippen LogP contribution in [0.15, 0.2) is 255 Å². The molecule has 4 heterocycles. The first-order valence-corrected chi connectivity index (χ1v) is 28.4. The predicted octanol–water partition coefficient (Wildman–Crippen LogP) is 21.4. The van der Waals surface area contributed by atoms with E-state index in [1.54, 1.807) is 11.3 Å². The first kappa shape index (κ1) is 45.8. The third-order valence-corrected chi connectivity index (χ3v) is 18.5. The SMILES string of the molecule is [C-]#[N+]c1c(-c2ccccc2)c(C#N)c(-n2c3c(ccc4c5ccccc5sc43)c3cc(-c4ccccc4)c4c5ccccc5sc4c32)c(-c2ccccc2)c1-n1c2ccccc2c2cc(-c3ccccc3)c(-c3ccccc3)cc21. The molecule has 12 aromatic carbocycles. The Morgan fingerprint density at radius 2 is 0.838 bits per heavy atom. The fourth-order valence-corrected chi connectivity index (χ4v) is 15.3. The minimum Gasteiger partial charge on any atom is -0.318 e. The topological polar surface area (TPSA) is 38.0 Å². The number of fused-ring (bicyclic) bond motifs is 14. The molecule has 0 unspecified atom stereocenters. The quantitative estimate of drug-likeness (QED) is 0.147. The number of benzene rings is 12. The lowest BCUT2D eigenvalue weighted by atomic mass is 9.88. The van der Waals surface area contributed by atoms with E-state index >= 15 is 0 Å². The summed E-state index contributed by atoms with van der Waals surface area (Å²) in [5.74, 6) is 0. The van der Waals surface area contributed by atoms with Crippen molar-refractivity contribution in [3.05, 3.63) is 272 Å². The summed E-state index contributed by atoms with van der Waals surface area (Å²) in [6.45, 7) is 9.60. The molecule has 0 N–H and O–H groups in total. The van der Waals surface area contributed by atoms with E-state index in [1.807, 2.05) is 35.6 Å². The zero-order valence-corrected chi connectivity index (χ0v) is 44.5. The number of nitriles is 1. The summed E-state index contributed by atoms with van der Waals surface area (Å²) in [4.78, 5) is 4.68. The lowest BCUT2D eigenvalue weighted by molar-refractivity contribution is 1.14. The highest BCUT2D eigenvalue weighted by molar-refractivity contribution is 7.27. The Balaban J connectivity index is 1.19. The molecule has 0 amide bonds. The highest BCUT2D eigenvalue weighted by Crippen LogP contribution is 2.56. The summed E-state index contributed by atoms with van der Waals surface area (Å²) in [6.07, 6.45) is 0. The van der Waals surface area contributed by atoms with Gasteiger partial charge in [0.15, 0.2) is 0 Å². The maximum Gasteiger partial charge on any atom is 0.220 e. The monoisotopic (exact) mass is 1050 g/mol. The third-order valence-electron chi connectivity index (χ3n) is 16.2. The van der Waals surface area contributed by atoms with Crippen molar-refractivity contribution in [2.75, 3.05) is 0 Å². The Hall–Kier alpha value is -10.3. The van der Waals surface area contributed by atoms with Gasteiger partial charge in [0.1, 0.15) is 6.07 Å². The summed E-state index contributed by atoms with van der Waals surface area (Å²) in [5, 5.41) is 21.5. The van der Waals surface area contributed by atoms with Crippen LogP contribution in [0, 0.1) is 17.9 Å². The number of aromatic nitrogens is 2. The van der Waals surface area contributed by atoms with E-state index < -0.39 is 0 Å². The first-order valence-electron chi connectivity index (χ1n) is 26.8. The van der Waals surface area contributed by atoms with E-state index in [4.69, 9.17) is 0 Å². The number of hydrogen-bond donors (Lipinski definition) is 0. The van der Waals surface area contributed by atoms with Crippen molar-refractivity contribution in [3.8, 4) is 73.1 Å². The number of thiophene rings is 2. The van der Waals surface area contributed by atoms with Crippen LogP contribution in [-0.4, -0.2) is 9.13 Å². The van der Waals surface area contributed by atoms with Gasteiger partial charge in [0, 0.05) is 63.6 Å². The van der Waals surface area contributed by atoms with Crippen LogP contribution < -0.4 is 0 Å². The molecular weight excluding hydrogens is 1010 g/mol. The summed E-state index contributed by atoms with van der Waals surface area (Å²) < 4.78 is 9.46. The summed E-state index contributed by atoms with van der Waals surface area (Å²) in [6, 6.07) is 93.4. The molecule has 6 heteroatoms. The van der Waals surface area contributed by atoms with E-state index in [0.29, 0.717) is 22.5 Å². The second-order valence-electron chi connectivity index (χ2n) is 20.4. The predicted molar refractivity (Wildman–Crippen MR) is 339 cm³/mol. The maximum atomic E-state index is 12.4. The fourth-order valence-electron chi connectivity index (χ4n) is 12.8. The molecule has 4 aromatic heterocycles. The Bertz CT molecular complexity index is 5290. The van der Waals surface area contributed by atoms with E-state index in [2.05, 4.69) is 251 Å². The van der Waals surface area contributed by atoms with Crippen LogP contribution in [0.3, 0.4) is 0 Å². The van der Waals surface area contributed by atoms with Crippen LogP contribution in [0.1, 0.15) is 5.56 Å². The van der Waals surface area contributed by atoms with Gasteiger partial charge in [0.05, 0.1) is 55.0 Å². The molecule has 0 bridgehead atoms. The third kappa shape index (κ3) is 6.71. The zero-order chi connectivity index (χ0) is 53.0. The van der Waals surface area contributed by atoms with Crippen LogP contribution in [0.4, 0.5) is 5.69 Å². The van der Waals surface area contributed by atoms with Crippen molar-refractivity contribution in [2.45, 2.75) is 0 Å². The van der Waals surface area contributed by atoms with Gasteiger partial charge >= 0.3 is 0 Å². The highest BCUT2D eigenvalue weighted by Gasteiger charge is 2.34. The van der Waals surface area contributed by atoms with Crippen molar-refractivity contribution >= 4 is 112 Å². The molecule has 0 aliphatic carbocycles. The molecule has 0 atom stereocenters. The van der Waals surface area contributed by atoms with Crippen LogP contribution in [-0.2, 0) is 0 Å². The average molecular weight is 1050 g/mol. The fraction of sp³-hybridized carbons (Fsp3) is 0. The van der Waals surface area contributed by atoms with Crippen molar-refractivity contribution in [3.63, 3.8) is 0 Å². The molecule has 0 saturated heterocycles. The lowest BCUT2D eigenvalue weighted by Crippen LogP contribution is -2.09. The van der Waals surface area contributed by atoms with Crippen molar-refractivity contribution < 1.29 is 0 Å². The molecule has 0 aliphatic heterocycles. The second-order valence-corrected chi connectivity index (χ2v) is 22.5. The number of rotatable bonds is 7. The number of hydrogen-bond acceptors (Lipinski definition) is 3. The van der Waals surface area contributed by atoms with Gasteiger partial charge < -0.3 is 9.13 Å². The molecule has 4 nitrogen and oxygen atoms in total. The maximum absolute atomic E-state index is 12.4. The molecule has 0 aliphatic rings. The molecule has 0 saturated carbocycles. The molecule has 16 rings (SSSR count). The van der Waals surface area contributed by atoms with Crippen molar-refractivity contribution in [1.82, 2.24) is 9.13 Å². The molecule has 80 heavy (non-hydrogen) atoms. The Labute approximate surface area is 468 Å². The molecule has 0 fully saturated rings. The Kier molecular flexibility index (Phi) is 10.4. The van der Waals surface area contributed by atoms with Gasteiger partial charge in [0.25, 0.3) is 0 Å². The van der Waals surface area contributed by atoms with Crippen LogP contribution in [0.25, 0.3) is 156 Å². The molecule has 16 aromatic rings. The van der Waals surface area contributed by atoms with Gasteiger partial charge in [0.2, 0.25) is 5.69 Å². The van der Waals surface area contributed by atoms with E-state index in [-0.39, 0.29) is 0 Å². The van der Waals surface area contributed by atoms with Crippen LogP contribution in [0.2, 0.25) is 0 Å². The van der Waals surface area contributed by atoms with Gasteiger partial charge in [-0.1, -0.05) is 218 Å². The number of para-hydroxylation sites is 1. The average Bonchev–Trinajstić information content (AvgIpc) is 4.47. The minimum absolute atomic E-state index is 0.401. The Morgan fingerprint density at radius 1 is 0.362 bits per heavy atom. The Morgan fingerprint density at radius 3 is 1.46 bits per heavy atom. The summed E-state index contributed by atoms with van der Waals surface area (Å²) in [7, 11) is 0. The van der Waals surface area contributed by atoms with Gasteiger partial charge in [-0.2, -0.15) is 5.26 Å². The standard InChI is InChI=1S/C74H42N4S2/c1-76-68-65(48-29-13-5-14-30-48)60(44-75)69(66(49-31-15-6-16-32-49)72(68)77-61-36-20-17-33-50(61)58-41-55(45-23-7-2-8-24-45)56(43-62(58)77)46-25-9-3-10-26-46)78-70-52(39-40-53-51-34-18-21-37-63(51)79-73(53)70)59-42-57(47-27-11-4-12-28-47)67-54-35-19-22-38-64(54)80-74(67)71(59)78/h2-43H. The molecule has 370 valence electrons. The minimum atomic E-state index is 0.401. The largest absolute Gasteiger partial charge is 0.318 e. The van der Waals surface area contributed by atoms with E-state index in [0.717, 1.165) is 114 Å². The summed E-state index contributed by atoms with van der Waals surface area (Å²) in [5.41, 5.74) is 16.0.